The van der Waals surface area contributed by atoms with Crippen molar-refractivity contribution in [2.24, 2.45) is 0 Å². The van der Waals surface area contributed by atoms with Gasteiger partial charge in [-0.05, 0) is 43.0 Å². The normalized spacial score (nSPS) is 11.6. The zero-order valence-electron chi connectivity index (χ0n) is 20.7. The van der Waals surface area contributed by atoms with Crippen LogP contribution in [0.1, 0.15) is 42.3 Å². The van der Waals surface area contributed by atoms with Crippen LogP contribution in [0.3, 0.4) is 0 Å². The molecule has 0 bridgehead atoms. The van der Waals surface area contributed by atoms with E-state index >= 15 is 0 Å². The summed E-state index contributed by atoms with van der Waals surface area (Å²) >= 11 is 0. The van der Waals surface area contributed by atoms with Crippen LogP contribution in [0.2, 0.25) is 0 Å². The quantitative estimate of drug-likeness (QED) is 0.261. The molecule has 6 nitrogen and oxygen atoms in total. The Morgan fingerprint density at radius 2 is 1.53 bits per heavy atom. The number of nitrogens with zero attached hydrogens (tertiary/aromatic N) is 1. The van der Waals surface area contributed by atoms with Gasteiger partial charge in [0.2, 0.25) is 0 Å². The maximum Gasteiger partial charge on any atom is 0.311 e. The van der Waals surface area contributed by atoms with Crippen molar-refractivity contribution in [2.75, 3.05) is 6.61 Å². The standard InChI is InChI=1S/C30H29NO5/c1-4-34-28(32)18-25-12-8-9-13-26(25)23-14-16-24(17-15-23)30-27(20(2)31-36-30)19-29(33)35-21(3)22-10-6-5-7-11-22/h5-17,21H,4,18-19H2,1-3H3/t21-/m1/s1. The fraction of sp³-hybridized carbons (Fsp3) is 0.233. The van der Waals surface area contributed by atoms with Gasteiger partial charge in [-0.3, -0.25) is 9.59 Å². The SMILES string of the molecule is CCOC(=O)Cc1ccccc1-c1ccc(-c2onc(C)c2CC(=O)O[C@H](C)c2ccccc2)cc1. The Bertz CT molecular complexity index is 1330. The Morgan fingerprint density at radius 3 is 2.25 bits per heavy atom. The lowest BCUT2D eigenvalue weighted by molar-refractivity contribution is -0.147. The Hall–Kier alpha value is -4.19. The summed E-state index contributed by atoms with van der Waals surface area (Å²) in [6.45, 7) is 5.82. The number of ether oxygens (including phenoxy) is 2. The fourth-order valence-corrected chi connectivity index (χ4v) is 4.12. The van der Waals surface area contributed by atoms with Gasteiger partial charge in [0.15, 0.2) is 5.76 Å². The van der Waals surface area contributed by atoms with Crippen LogP contribution in [0.25, 0.3) is 22.5 Å². The van der Waals surface area contributed by atoms with Crippen molar-refractivity contribution in [3.05, 3.63) is 101 Å². The van der Waals surface area contributed by atoms with Gasteiger partial charge in [-0.25, -0.2) is 0 Å². The Labute approximate surface area is 210 Å². The third-order valence-electron chi connectivity index (χ3n) is 6.00. The van der Waals surface area contributed by atoms with Crippen LogP contribution in [0.15, 0.2) is 83.4 Å². The van der Waals surface area contributed by atoms with Gasteiger partial charge in [-0.15, -0.1) is 0 Å². The molecule has 0 saturated carbocycles. The lowest BCUT2D eigenvalue weighted by Crippen LogP contribution is -2.12. The van der Waals surface area contributed by atoms with Gasteiger partial charge in [0.1, 0.15) is 6.10 Å². The summed E-state index contributed by atoms with van der Waals surface area (Å²) in [5.41, 5.74) is 5.93. The Morgan fingerprint density at radius 1 is 0.861 bits per heavy atom. The number of rotatable bonds is 9. The molecule has 1 heterocycles. The van der Waals surface area contributed by atoms with Crippen molar-refractivity contribution in [3.63, 3.8) is 0 Å². The molecule has 1 atom stereocenters. The molecule has 0 amide bonds. The van der Waals surface area contributed by atoms with Gasteiger partial charge >= 0.3 is 11.9 Å². The van der Waals surface area contributed by atoms with E-state index < -0.39 is 0 Å². The molecule has 184 valence electrons. The molecule has 0 aliphatic heterocycles. The van der Waals surface area contributed by atoms with Crippen molar-refractivity contribution >= 4 is 11.9 Å². The zero-order valence-corrected chi connectivity index (χ0v) is 20.7. The average molecular weight is 484 g/mol. The molecule has 0 aliphatic carbocycles. The molecule has 0 unspecified atom stereocenters. The van der Waals surface area contributed by atoms with Crippen LogP contribution in [-0.2, 0) is 31.9 Å². The predicted octanol–water partition coefficient (Wildman–Crippen LogP) is 6.27. The zero-order chi connectivity index (χ0) is 25.5. The van der Waals surface area contributed by atoms with E-state index in [1.54, 1.807) is 6.92 Å². The van der Waals surface area contributed by atoms with Crippen molar-refractivity contribution in [2.45, 2.75) is 39.7 Å². The minimum absolute atomic E-state index is 0.0615. The summed E-state index contributed by atoms with van der Waals surface area (Å²) in [7, 11) is 0. The van der Waals surface area contributed by atoms with Crippen molar-refractivity contribution < 1.29 is 23.6 Å². The Balaban J connectivity index is 1.51. The largest absolute Gasteiger partial charge is 0.466 e. The van der Waals surface area contributed by atoms with Crippen LogP contribution < -0.4 is 0 Å². The number of aromatic nitrogens is 1. The number of esters is 2. The summed E-state index contributed by atoms with van der Waals surface area (Å²) in [5.74, 6) is -0.0524. The first-order valence-electron chi connectivity index (χ1n) is 12.0. The van der Waals surface area contributed by atoms with E-state index in [9.17, 15) is 9.59 Å². The fourth-order valence-electron chi connectivity index (χ4n) is 4.12. The highest BCUT2D eigenvalue weighted by molar-refractivity contribution is 5.80. The molecule has 0 aliphatic rings. The summed E-state index contributed by atoms with van der Waals surface area (Å²) in [6, 6.07) is 25.2. The minimum atomic E-state index is -0.351. The van der Waals surface area contributed by atoms with Crippen molar-refractivity contribution in [3.8, 4) is 22.5 Å². The molecule has 1 aromatic heterocycles. The molecular weight excluding hydrogens is 454 g/mol. The number of benzene rings is 3. The topological polar surface area (TPSA) is 78.6 Å². The lowest BCUT2D eigenvalue weighted by atomic mass is 9.96. The molecule has 0 fully saturated rings. The minimum Gasteiger partial charge on any atom is -0.466 e. The first-order chi connectivity index (χ1) is 17.5. The molecule has 0 N–H and O–H groups in total. The highest BCUT2D eigenvalue weighted by atomic mass is 16.5. The van der Waals surface area contributed by atoms with E-state index in [0.29, 0.717) is 23.6 Å². The highest BCUT2D eigenvalue weighted by Crippen LogP contribution is 2.31. The van der Waals surface area contributed by atoms with E-state index in [-0.39, 0.29) is 30.9 Å². The van der Waals surface area contributed by atoms with E-state index in [1.807, 2.05) is 92.7 Å². The summed E-state index contributed by atoms with van der Waals surface area (Å²) in [5, 5.41) is 4.09. The van der Waals surface area contributed by atoms with E-state index in [2.05, 4.69) is 5.16 Å². The van der Waals surface area contributed by atoms with Crippen LogP contribution in [0, 0.1) is 6.92 Å². The second-order valence-electron chi connectivity index (χ2n) is 8.51. The molecule has 0 radical (unpaired) electrons. The second kappa shape index (κ2) is 11.5. The van der Waals surface area contributed by atoms with E-state index in [0.717, 1.165) is 27.8 Å². The van der Waals surface area contributed by atoms with Gasteiger partial charge in [0.05, 0.1) is 25.1 Å². The van der Waals surface area contributed by atoms with Gasteiger partial charge < -0.3 is 14.0 Å². The maximum atomic E-state index is 12.7. The first kappa shape index (κ1) is 24.9. The predicted molar refractivity (Wildman–Crippen MR) is 137 cm³/mol. The highest BCUT2D eigenvalue weighted by Gasteiger charge is 2.21. The van der Waals surface area contributed by atoms with Crippen LogP contribution in [0.4, 0.5) is 0 Å². The average Bonchev–Trinajstić information content (AvgIpc) is 3.24. The monoisotopic (exact) mass is 483 g/mol. The molecule has 0 saturated heterocycles. The summed E-state index contributed by atoms with van der Waals surface area (Å²) < 4.78 is 16.4. The van der Waals surface area contributed by atoms with Crippen LogP contribution in [-0.4, -0.2) is 23.7 Å². The lowest BCUT2D eigenvalue weighted by Gasteiger charge is -2.13. The molecule has 4 rings (SSSR count). The number of hydrogen-bond acceptors (Lipinski definition) is 6. The third-order valence-corrected chi connectivity index (χ3v) is 6.00. The van der Waals surface area contributed by atoms with Gasteiger partial charge in [0.25, 0.3) is 0 Å². The molecule has 6 heteroatoms. The van der Waals surface area contributed by atoms with Crippen LogP contribution in [0.5, 0.6) is 0 Å². The number of hydrogen-bond donors (Lipinski definition) is 0. The molecule has 36 heavy (non-hydrogen) atoms. The Kier molecular flexibility index (Phi) is 7.95. The maximum absolute atomic E-state index is 12.7. The number of carbonyl (C=O) groups excluding carboxylic acids is 2. The van der Waals surface area contributed by atoms with Crippen LogP contribution >= 0.6 is 0 Å². The third kappa shape index (κ3) is 5.89. The first-order valence-corrected chi connectivity index (χ1v) is 12.0. The van der Waals surface area contributed by atoms with Gasteiger partial charge in [-0.1, -0.05) is 84.0 Å². The van der Waals surface area contributed by atoms with E-state index in [1.165, 1.54) is 0 Å². The van der Waals surface area contributed by atoms with Gasteiger partial charge in [-0.2, -0.15) is 0 Å². The smallest absolute Gasteiger partial charge is 0.311 e. The number of aryl methyl sites for hydroxylation is 1. The van der Waals surface area contributed by atoms with Crippen molar-refractivity contribution in [1.29, 1.82) is 0 Å². The molecule has 3 aromatic carbocycles. The summed E-state index contributed by atoms with van der Waals surface area (Å²) in [6.07, 6.45) is -0.0801. The summed E-state index contributed by atoms with van der Waals surface area (Å²) in [4.78, 5) is 24.7. The number of carbonyl (C=O) groups is 2. The molecule has 0 spiro atoms. The van der Waals surface area contributed by atoms with E-state index in [4.69, 9.17) is 14.0 Å². The van der Waals surface area contributed by atoms with Gasteiger partial charge in [0, 0.05) is 11.1 Å². The molecule has 4 aromatic rings. The second-order valence-corrected chi connectivity index (χ2v) is 8.51. The van der Waals surface area contributed by atoms with Crippen molar-refractivity contribution in [1.82, 2.24) is 5.16 Å². The molecular formula is C30H29NO5.